The number of carbonyl (C=O) groups is 1. The minimum atomic E-state index is 0.0626. The molecule has 2 aromatic rings. The van der Waals surface area contributed by atoms with Crippen LogP contribution in [-0.2, 0) is 11.2 Å². The molecule has 0 aliphatic heterocycles. The molecular formula is C13H19N3OS. The topological polar surface area (TPSA) is 46.4 Å². The highest BCUT2D eigenvalue weighted by molar-refractivity contribution is 7.15. The number of imidazole rings is 1. The van der Waals surface area contributed by atoms with Gasteiger partial charge < -0.3 is 5.32 Å². The van der Waals surface area contributed by atoms with Crippen molar-refractivity contribution in [3.8, 4) is 0 Å². The summed E-state index contributed by atoms with van der Waals surface area (Å²) in [4.78, 5) is 17.1. The number of carbonyl (C=O) groups excluding carboxylic acids is 1. The summed E-state index contributed by atoms with van der Waals surface area (Å²) in [7, 11) is 0. The largest absolute Gasteiger partial charge is 0.355 e. The molecule has 2 heterocycles. The highest BCUT2D eigenvalue weighted by Crippen LogP contribution is 2.11. The molecule has 4 nitrogen and oxygen atoms in total. The zero-order valence-electron chi connectivity index (χ0n) is 10.8. The first-order chi connectivity index (χ1) is 8.72. The van der Waals surface area contributed by atoms with Crippen molar-refractivity contribution in [1.29, 1.82) is 0 Å². The van der Waals surface area contributed by atoms with Gasteiger partial charge in [0, 0.05) is 24.3 Å². The summed E-state index contributed by atoms with van der Waals surface area (Å²) in [5, 5.41) is 4.97. The molecule has 2 aromatic heterocycles. The van der Waals surface area contributed by atoms with Gasteiger partial charge in [-0.25, -0.2) is 4.98 Å². The van der Waals surface area contributed by atoms with E-state index in [0.29, 0.717) is 12.3 Å². The van der Waals surface area contributed by atoms with E-state index in [9.17, 15) is 4.79 Å². The van der Waals surface area contributed by atoms with Crippen LogP contribution in [0, 0.1) is 5.92 Å². The minimum absolute atomic E-state index is 0.0626. The van der Waals surface area contributed by atoms with Crippen molar-refractivity contribution in [3.63, 3.8) is 0 Å². The maximum atomic E-state index is 11.8. The second-order valence-corrected chi connectivity index (χ2v) is 5.36. The van der Waals surface area contributed by atoms with Crippen molar-refractivity contribution in [2.75, 3.05) is 6.54 Å². The smallest absolute Gasteiger partial charge is 0.226 e. The molecule has 0 saturated carbocycles. The number of aromatic nitrogens is 2. The lowest BCUT2D eigenvalue weighted by Crippen LogP contribution is -2.30. The number of amides is 1. The number of rotatable bonds is 6. The van der Waals surface area contributed by atoms with Crippen LogP contribution < -0.4 is 5.32 Å². The number of fused-ring (bicyclic) bond motifs is 1. The monoisotopic (exact) mass is 265 g/mol. The minimum Gasteiger partial charge on any atom is -0.355 e. The molecular weight excluding hydrogens is 246 g/mol. The van der Waals surface area contributed by atoms with Crippen LogP contribution in [0.1, 0.15) is 32.4 Å². The van der Waals surface area contributed by atoms with Gasteiger partial charge in [-0.2, -0.15) is 0 Å². The van der Waals surface area contributed by atoms with Gasteiger partial charge in [-0.15, -0.1) is 11.3 Å². The average molecular weight is 265 g/mol. The predicted octanol–water partition coefficient (Wildman–Crippen LogP) is 2.49. The third kappa shape index (κ3) is 3.10. The Kier molecular flexibility index (Phi) is 4.36. The van der Waals surface area contributed by atoms with Crippen molar-refractivity contribution < 1.29 is 4.79 Å². The van der Waals surface area contributed by atoms with Crippen LogP contribution in [0.15, 0.2) is 17.8 Å². The van der Waals surface area contributed by atoms with Crippen LogP contribution in [0.25, 0.3) is 4.96 Å². The van der Waals surface area contributed by atoms with Crippen molar-refractivity contribution in [2.45, 2.75) is 33.1 Å². The maximum Gasteiger partial charge on any atom is 0.226 e. The normalized spacial score (nSPS) is 11.3. The Balaban J connectivity index is 1.85. The maximum absolute atomic E-state index is 11.8. The number of hydrogen-bond donors (Lipinski definition) is 1. The van der Waals surface area contributed by atoms with E-state index in [2.05, 4.69) is 24.1 Å². The van der Waals surface area contributed by atoms with Gasteiger partial charge in [-0.05, 0) is 5.92 Å². The summed E-state index contributed by atoms with van der Waals surface area (Å²) in [6, 6.07) is 0. The molecule has 18 heavy (non-hydrogen) atoms. The van der Waals surface area contributed by atoms with Gasteiger partial charge in [-0.3, -0.25) is 9.20 Å². The lowest BCUT2D eigenvalue weighted by Gasteiger charge is -2.12. The molecule has 0 atom stereocenters. The Hall–Kier alpha value is -1.36. The van der Waals surface area contributed by atoms with Crippen LogP contribution in [0.2, 0.25) is 0 Å². The Morgan fingerprint density at radius 1 is 1.50 bits per heavy atom. The fraction of sp³-hybridized carbons (Fsp3) is 0.538. The van der Waals surface area contributed by atoms with E-state index < -0.39 is 0 Å². The predicted molar refractivity (Wildman–Crippen MR) is 73.9 cm³/mol. The molecule has 0 radical (unpaired) electrons. The molecule has 2 rings (SSSR count). The zero-order chi connectivity index (χ0) is 13.0. The van der Waals surface area contributed by atoms with E-state index in [4.69, 9.17) is 0 Å². The molecule has 0 fully saturated rings. The number of nitrogens with zero attached hydrogens (tertiary/aromatic N) is 2. The molecule has 98 valence electrons. The quantitative estimate of drug-likeness (QED) is 0.872. The first-order valence-corrected chi connectivity index (χ1v) is 7.28. The van der Waals surface area contributed by atoms with E-state index >= 15 is 0 Å². The molecule has 0 unspecified atom stereocenters. The zero-order valence-corrected chi connectivity index (χ0v) is 11.7. The lowest BCUT2D eigenvalue weighted by atomic mass is 10.0. The fourth-order valence-electron chi connectivity index (χ4n) is 1.92. The average Bonchev–Trinajstić information content (AvgIpc) is 2.91. The van der Waals surface area contributed by atoms with Crippen LogP contribution in [0.4, 0.5) is 0 Å². The van der Waals surface area contributed by atoms with E-state index in [0.717, 1.165) is 30.0 Å². The van der Waals surface area contributed by atoms with Crippen LogP contribution >= 0.6 is 11.3 Å². The number of hydrogen-bond acceptors (Lipinski definition) is 3. The highest BCUT2D eigenvalue weighted by Gasteiger charge is 2.10. The van der Waals surface area contributed by atoms with Crippen molar-refractivity contribution in [2.24, 2.45) is 5.92 Å². The molecule has 0 aliphatic rings. The second-order valence-electron chi connectivity index (χ2n) is 4.49. The van der Waals surface area contributed by atoms with Crippen LogP contribution in [0.3, 0.4) is 0 Å². The Morgan fingerprint density at radius 3 is 2.94 bits per heavy atom. The summed E-state index contributed by atoms with van der Waals surface area (Å²) in [6.07, 6.45) is 6.46. The van der Waals surface area contributed by atoms with Gasteiger partial charge in [0.05, 0.1) is 12.1 Å². The Morgan fingerprint density at radius 2 is 2.28 bits per heavy atom. The summed E-state index contributed by atoms with van der Waals surface area (Å²) in [5.41, 5.74) is 0.837. The Bertz CT molecular complexity index is 485. The van der Waals surface area contributed by atoms with E-state index in [1.165, 1.54) is 0 Å². The van der Waals surface area contributed by atoms with E-state index in [1.807, 2.05) is 22.2 Å². The second kappa shape index (κ2) is 6.00. The Labute approximate surface area is 111 Å². The van der Waals surface area contributed by atoms with Gasteiger partial charge in [0.25, 0.3) is 0 Å². The molecule has 1 amide bonds. The highest BCUT2D eigenvalue weighted by atomic mass is 32.1. The van der Waals surface area contributed by atoms with Gasteiger partial charge >= 0.3 is 0 Å². The van der Waals surface area contributed by atoms with Crippen molar-refractivity contribution in [1.82, 2.24) is 14.7 Å². The first-order valence-electron chi connectivity index (χ1n) is 6.40. The standard InChI is InChI=1S/C13H19N3OS/c1-3-10(4-2)8-14-12(17)7-11-9-16-5-6-18-13(16)15-11/h5-6,9-10H,3-4,7-8H2,1-2H3,(H,14,17). The number of thiazole rings is 1. The van der Waals surface area contributed by atoms with Gasteiger partial charge in [0.2, 0.25) is 5.91 Å². The summed E-state index contributed by atoms with van der Waals surface area (Å²) < 4.78 is 1.95. The molecule has 5 heteroatoms. The van der Waals surface area contributed by atoms with Crippen molar-refractivity contribution >= 4 is 22.2 Å². The summed E-state index contributed by atoms with van der Waals surface area (Å²) in [5.74, 6) is 0.645. The molecule has 0 saturated heterocycles. The molecule has 0 spiro atoms. The van der Waals surface area contributed by atoms with Crippen LogP contribution in [-0.4, -0.2) is 21.8 Å². The third-order valence-corrected chi connectivity index (χ3v) is 4.00. The molecule has 1 N–H and O–H groups in total. The van der Waals surface area contributed by atoms with Crippen molar-refractivity contribution in [3.05, 3.63) is 23.5 Å². The first kappa shape index (κ1) is 13.1. The SMILES string of the molecule is CCC(CC)CNC(=O)Cc1cn2ccsc2n1. The van der Waals surface area contributed by atoms with Gasteiger partial charge in [0.15, 0.2) is 4.96 Å². The van der Waals surface area contributed by atoms with Crippen LogP contribution in [0.5, 0.6) is 0 Å². The molecule has 0 bridgehead atoms. The molecule has 0 aliphatic carbocycles. The number of nitrogens with one attached hydrogen (secondary N) is 1. The summed E-state index contributed by atoms with van der Waals surface area (Å²) >= 11 is 1.58. The van der Waals surface area contributed by atoms with E-state index in [-0.39, 0.29) is 5.91 Å². The third-order valence-electron chi connectivity index (χ3n) is 3.23. The van der Waals surface area contributed by atoms with Gasteiger partial charge in [-0.1, -0.05) is 26.7 Å². The summed E-state index contributed by atoms with van der Waals surface area (Å²) in [6.45, 7) is 5.09. The lowest BCUT2D eigenvalue weighted by molar-refractivity contribution is -0.120. The fourth-order valence-corrected chi connectivity index (χ4v) is 2.64. The van der Waals surface area contributed by atoms with E-state index in [1.54, 1.807) is 11.3 Å². The molecule has 0 aromatic carbocycles. The van der Waals surface area contributed by atoms with Gasteiger partial charge in [0.1, 0.15) is 0 Å².